The number of esters is 1. The number of ether oxygens (including phenoxy) is 1. The van der Waals surface area contributed by atoms with E-state index in [2.05, 4.69) is 0 Å². The second-order valence-corrected chi connectivity index (χ2v) is 7.69. The maximum atomic E-state index is 12.1. The second kappa shape index (κ2) is 8.61. The van der Waals surface area contributed by atoms with Gasteiger partial charge in [0, 0.05) is 32.6 Å². The molecule has 2 N–H and O–H groups in total. The standard InChI is InChI=1S/C20H15Cl2N3O2S/c1-27-20(26)19-18(24)13(9-23)10-25(19)15-4-6-16(7-5-15)28-11-12-2-3-14(21)8-17(12)22/h2-8,10H,11,24H2,1H3. The van der Waals surface area contributed by atoms with E-state index in [1.54, 1.807) is 22.4 Å². The largest absolute Gasteiger partial charge is 0.464 e. The lowest BCUT2D eigenvalue weighted by Gasteiger charge is -2.10. The lowest BCUT2D eigenvalue weighted by atomic mass is 10.2. The molecule has 28 heavy (non-hydrogen) atoms. The number of carbonyl (C=O) groups is 1. The number of rotatable bonds is 5. The molecule has 0 radical (unpaired) electrons. The average molecular weight is 432 g/mol. The molecule has 0 unspecified atom stereocenters. The number of nitrogens with zero attached hydrogens (tertiary/aromatic N) is 2. The van der Waals surface area contributed by atoms with Gasteiger partial charge >= 0.3 is 5.97 Å². The van der Waals surface area contributed by atoms with Gasteiger partial charge in [-0.2, -0.15) is 5.26 Å². The maximum Gasteiger partial charge on any atom is 0.357 e. The predicted octanol–water partition coefficient (Wildman–Crippen LogP) is 5.32. The number of nitriles is 1. The molecule has 3 aromatic rings. The minimum Gasteiger partial charge on any atom is -0.464 e. The summed E-state index contributed by atoms with van der Waals surface area (Å²) in [5, 5.41) is 10.4. The quantitative estimate of drug-likeness (QED) is 0.436. The van der Waals surface area contributed by atoms with Gasteiger partial charge < -0.3 is 15.0 Å². The normalized spacial score (nSPS) is 10.5. The molecular formula is C20H15Cl2N3O2S. The number of nitrogen functional groups attached to an aromatic ring is 1. The van der Waals surface area contributed by atoms with Crippen LogP contribution in [0.15, 0.2) is 53.6 Å². The van der Waals surface area contributed by atoms with Crippen molar-refractivity contribution in [1.29, 1.82) is 5.26 Å². The van der Waals surface area contributed by atoms with Gasteiger partial charge in [-0.1, -0.05) is 29.3 Å². The van der Waals surface area contributed by atoms with E-state index in [-0.39, 0.29) is 16.9 Å². The molecule has 1 aromatic heterocycles. The highest BCUT2D eigenvalue weighted by atomic mass is 35.5. The molecular weight excluding hydrogens is 417 g/mol. The third-order valence-corrected chi connectivity index (χ3v) is 5.72. The third-order valence-electron chi connectivity index (χ3n) is 4.07. The Morgan fingerprint density at radius 2 is 1.96 bits per heavy atom. The smallest absolute Gasteiger partial charge is 0.357 e. The topological polar surface area (TPSA) is 81.0 Å². The van der Waals surface area contributed by atoms with Crippen LogP contribution in [0.5, 0.6) is 0 Å². The first-order valence-corrected chi connectivity index (χ1v) is 9.85. The number of nitrogens with two attached hydrogens (primary N) is 1. The van der Waals surface area contributed by atoms with Gasteiger partial charge in [0.1, 0.15) is 6.07 Å². The number of benzene rings is 2. The Morgan fingerprint density at radius 1 is 1.25 bits per heavy atom. The van der Waals surface area contributed by atoms with E-state index in [9.17, 15) is 10.1 Å². The fourth-order valence-corrected chi connectivity index (χ4v) is 4.08. The predicted molar refractivity (Wildman–Crippen MR) is 112 cm³/mol. The van der Waals surface area contributed by atoms with Crippen molar-refractivity contribution >= 4 is 46.6 Å². The van der Waals surface area contributed by atoms with Crippen molar-refractivity contribution in [2.75, 3.05) is 12.8 Å². The Balaban J connectivity index is 1.83. The summed E-state index contributed by atoms with van der Waals surface area (Å²) in [6, 6.07) is 15.0. The zero-order chi connectivity index (χ0) is 20.3. The molecule has 0 saturated carbocycles. The van der Waals surface area contributed by atoms with Crippen molar-refractivity contribution in [1.82, 2.24) is 4.57 Å². The molecule has 0 aliphatic heterocycles. The van der Waals surface area contributed by atoms with Crippen LogP contribution in [0.3, 0.4) is 0 Å². The molecule has 5 nitrogen and oxygen atoms in total. The minimum absolute atomic E-state index is 0.102. The molecule has 1 heterocycles. The highest BCUT2D eigenvalue weighted by molar-refractivity contribution is 7.98. The Bertz CT molecular complexity index is 1070. The molecule has 0 fully saturated rings. The third kappa shape index (κ3) is 4.12. The summed E-state index contributed by atoms with van der Waals surface area (Å²) in [5.74, 6) is 0.0903. The molecule has 0 spiro atoms. The van der Waals surface area contributed by atoms with Crippen LogP contribution in [-0.4, -0.2) is 17.6 Å². The summed E-state index contributed by atoms with van der Waals surface area (Å²) >= 11 is 13.8. The Hall–Kier alpha value is -2.59. The Kier molecular flexibility index (Phi) is 6.20. The Labute approximate surface area is 176 Å². The molecule has 0 bridgehead atoms. The molecule has 0 atom stereocenters. The van der Waals surface area contributed by atoms with Gasteiger partial charge in [0.15, 0.2) is 5.69 Å². The summed E-state index contributed by atoms with van der Waals surface area (Å²) in [5.41, 5.74) is 8.07. The van der Waals surface area contributed by atoms with E-state index < -0.39 is 5.97 Å². The van der Waals surface area contributed by atoms with Crippen LogP contribution < -0.4 is 5.73 Å². The first kappa shape index (κ1) is 20.2. The number of carbonyl (C=O) groups excluding carboxylic acids is 1. The summed E-state index contributed by atoms with van der Waals surface area (Å²) in [6.45, 7) is 0. The van der Waals surface area contributed by atoms with Gasteiger partial charge in [-0.3, -0.25) is 0 Å². The first-order valence-electron chi connectivity index (χ1n) is 8.11. The zero-order valence-electron chi connectivity index (χ0n) is 14.8. The van der Waals surface area contributed by atoms with E-state index >= 15 is 0 Å². The van der Waals surface area contributed by atoms with E-state index in [0.29, 0.717) is 21.5 Å². The summed E-state index contributed by atoms with van der Waals surface area (Å²) in [6.07, 6.45) is 1.53. The number of methoxy groups -OCH3 is 1. The van der Waals surface area contributed by atoms with E-state index in [0.717, 1.165) is 10.5 Å². The lowest BCUT2D eigenvalue weighted by molar-refractivity contribution is 0.0593. The van der Waals surface area contributed by atoms with Gasteiger partial charge in [-0.05, 0) is 42.0 Å². The van der Waals surface area contributed by atoms with Crippen LogP contribution in [0, 0.1) is 11.3 Å². The number of aromatic nitrogens is 1. The lowest BCUT2D eigenvalue weighted by Crippen LogP contribution is -2.11. The monoisotopic (exact) mass is 431 g/mol. The van der Waals surface area contributed by atoms with Crippen LogP contribution in [-0.2, 0) is 10.5 Å². The maximum absolute atomic E-state index is 12.1. The van der Waals surface area contributed by atoms with Gasteiger partial charge in [0.05, 0.1) is 18.4 Å². The van der Waals surface area contributed by atoms with Crippen LogP contribution in [0.4, 0.5) is 5.69 Å². The summed E-state index contributed by atoms with van der Waals surface area (Å²) in [7, 11) is 1.27. The van der Waals surface area contributed by atoms with Crippen LogP contribution >= 0.6 is 35.0 Å². The summed E-state index contributed by atoms with van der Waals surface area (Å²) < 4.78 is 6.35. The molecule has 2 aromatic carbocycles. The highest BCUT2D eigenvalue weighted by Crippen LogP contribution is 2.30. The average Bonchev–Trinajstić information content (AvgIpc) is 3.03. The molecule has 0 aliphatic rings. The molecule has 0 aliphatic carbocycles. The number of hydrogen-bond acceptors (Lipinski definition) is 5. The molecule has 8 heteroatoms. The van der Waals surface area contributed by atoms with Crippen molar-refractivity contribution in [2.24, 2.45) is 0 Å². The number of halogens is 2. The molecule has 3 rings (SSSR count). The van der Waals surface area contributed by atoms with Crippen molar-refractivity contribution in [3.8, 4) is 11.8 Å². The van der Waals surface area contributed by atoms with Crippen LogP contribution in [0.1, 0.15) is 21.6 Å². The van der Waals surface area contributed by atoms with Crippen molar-refractivity contribution in [3.05, 3.63) is 75.5 Å². The van der Waals surface area contributed by atoms with Crippen molar-refractivity contribution < 1.29 is 9.53 Å². The van der Waals surface area contributed by atoms with Crippen LogP contribution in [0.2, 0.25) is 10.0 Å². The van der Waals surface area contributed by atoms with Gasteiger partial charge in [0.2, 0.25) is 0 Å². The van der Waals surface area contributed by atoms with Gasteiger partial charge in [0.25, 0.3) is 0 Å². The first-order chi connectivity index (χ1) is 13.4. The van der Waals surface area contributed by atoms with Gasteiger partial charge in [-0.25, -0.2) is 4.79 Å². The fraction of sp³-hybridized carbons (Fsp3) is 0.100. The number of hydrogen-bond donors (Lipinski definition) is 1. The Morgan fingerprint density at radius 3 is 2.57 bits per heavy atom. The van der Waals surface area contributed by atoms with E-state index in [1.807, 2.05) is 42.5 Å². The second-order valence-electron chi connectivity index (χ2n) is 5.80. The summed E-state index contributed by atoms with van der Waals surface area (Å²) in [4.78, 5) is 13.1. The van der Waals surface area contributed by atoms with E-state index in [4.69, 9.17) is 33.7 Å². The molecule has 0 amide bonds. The molecule has 0 saturated heterocycles. The van der Waals surface area contributed by atoms with E-state index in [1.165, 1.54) is 13.3 Å². The van der Waals surface area contributed by atoms with Crippen molar-refractivity contribution in [3.63, 3.8) is 0 Å². The molecule has 142 valence electrons. The zero-order valence-corrected chi connectivity index (χ0v) is 17.1. The SMILES string of the molecule is COC(=O)c1c(N)c(C#N)cn1-c1ccc(SCc2ccc(Cl)cc2Cl)cc1. The van der Waals surface area contributed by atoms with Crippen molar-refractivity contribution in [2.45, 2.75) is 10.6 Å². The highest BCUT2D eigenvalue weighted by Gasteiger charge is 2.21. The fourth-order valence-electron chi connectivity index (χ4n) is 2.62. The van der Waals surface area contributed by atoms with Crippen LogP contribution in [0.25, 0.3) is 5.69 Å². The number of anilines is 1. The minimum atomic E-state index is -0.602. The van der Waals surface area contributed by atoms with Gasteiger partial charge in [-0.15, -0.1) is 11.8 Å². The number of thioether (sulfide) groups is 1.